The molecule has 0 aliphatic heterocycles. The van der Waals surface area contributed by atoms with Crippen LogP contribution in [0.2, 0.25) is 0 Å². The van der Waals surface area contributed by atoms with Gasteiger partial charge in [0.2, 0.25) is 11.9 Å². The monoisotopic (exact) mass is 229 g/mol. The van der Waals surface area contributed by atoms with E-state index < -0.39 is 0 Å². The molecule has 16 heavy (non-hydrogen) atoms. The number of guanidine groups is 1. The maximum atomic E-state index is 11.1. The van der Waals surface area contributed by atoms with Crippen LogP contribution in [0.4, 0.5) is 0 Å². The van der Waals surface area contributed by atoms with Gasteiger partial charge in [0.15, 0.2) is 0 Å². The summed E-state index contributed by atoms with van der Waals surface area (Å²) in [5.41, 5.74) is 2.47. The van der Waals surface area contributed by atoms with Crippen molar-refractivity contribution in [2.45, 2.75) is 27.2 Å². The van der Waals surface area contributed by atoms with Crippen molar-refractivity contribution >= 4 is 11.9 Å². The standard InChI is InChI=1S/C10H23N5O/c1-4-12-9(16)5-6-13-10(15-11)14-7-8(2)3/h8H,4-7,11H2,1-3H3,(H,12,16)(H2,13,14,15). The Morgan fingerprint density at radius 3 is 2.56 bits per heavy atom. The van der Waals surface area contributed by atoms with Gasteiger partial charge in [-0.1, -0.05) is 13.8 Å². The number of carbonyl (C=O) groups excluding carboxylic acids is 1. The number of hydrazine groups is 1. The minimum absolute atomic E-state index is 0.0234. The summed E-state index contributed by atoms with van der Waals surface area (Å²) >= 11 is 0. The lowest BCUT2D eigenvalue weighted by atomic mass is 10.2. The van der Waals surface area contributed by atoms with E-state index in [9.17, 15) is 4.79 Å². The number of nitrogens with two attached hydrogens (primary N) is 1. The third-order valence-electron chi connectivity index (χ3n) is 1.77. The molecule has 0 heterocycles. The molecule has 0 rings (SSSR count). The molecule has 0 saturated heterocycles. The SMILES string of the molecule is CCNC(=O)CCNC(=NCC(C)C)NN. The number of amides is 1. The smallest absolute Gasteiger partial charge is 0.221 e. The van der Waals surface area contributed by atoms with Crippen LogP contribution in [0.25, 0.3) is 0 Å². The van der Waals surface area contributed by atoms with E-state index >= 15 is 0 Å². The third kappa shape index (κ3) is 8.05. The molecule has 0 aliphatic carbocycles. The fourth-order valence-electron chi connectivity index (χ4n) is 1.01. The Balaban J connectivity index is 3.78. The molecule has 0 aliphatic rings. The van der Waals surface area contributed by atoms with Gasteiger partial charge in [-0.15, -0.1) is 0 Å². The van der Waals surface area contributed by atoms with Crippen LogP contribution < -0.4 is 21.9 Å². The second-order valence-electron chi connectivity index (χ2n) is 3.86. The molecule has 0 radical (unpaired) electrons. The van der Waals surface area contributed by atoms with Gasteiger partial charge >= 0.3 is 0 Å². The Morgan fingerprint density at radius 1 is 1.38 bits per heavy atom. The zero-order valence-corrected chi connectivity index (χ0v) is 10.3. The molecule has 6 nitrogen and oxygen atoms in total. The lowest BCUT2D eigenvalue weighted by Crippen LogP contribution is -2.43. The van der Waals surface area contributed by atoms with Crippen LogP contribution in [-0.4, -0.2) is 31.5 Å². The number of hydrogen-bond acceptors (Lipinski definition) is 3. The quantitative estimate of drug-likeness (QED) is 0.215. The van der Waals surface area contributed by atoms with Gasteiger partial charge in [-0.2, -0.15) is 0 Å². The summed E-state index contributed by atoms with van der Waals surface area (Å²) in [4.78, 5) is 15.4. The Labute approximate surface area is 97.0 Å². The fourth-order valence-corrected chi connectivity index (χ4v) is 1.01. The van der Waals surface area contributed by atoms with Gasteiger partial charge < -0.3 is 10.6 Å². The lowest BCUT2D eigenvalue weighted by molar-refractivity contribution is -0.120. The van der Waals surface area contributed by atoms with Crippen molar-refractivity contribution in [1.29, 1.82) is 0 Å². The van der Waals surface area contributed by atoms with Gasteiger partial charge in [-0.25, -0.2) is 5.84 Å². The molecule has 1 amide bonds. The topological polar surface area (TPSA) is 91.5 Å². The molecule has 0 unspecified atom stereocenters. The molecular formula is C10H23N5O. The molecule has 5 N–H and O–H groups in total. The first-order valence-electron chi connectivity index (χ1n) is 5.61. The molecule has 0 saturated carbocycles. The molecular weight excluding hydrogens is 206 g/mol. The number of carbonyl (C=O) groups is 1. The van der Waals surface area contributed by atoms with Crippen molar-refractivity contribution in [1.82, 2.24) is 16.1 Å². The van der Waals surface area contributed by atoms with Crippen molar-refractivity contribution < 1.29 is 4.79 Å². The normalized spacial score (nSPS) is 11.4. The van der Waals surface area contributed by atoms with Crippen LogP contribution in [0.5, 0.6) is 0 Å². The second-order valence-corrected chi connectivity index (χ2v) is 3.86. The van der Waals surface area contributed by atoms with Gasteiger partial charge in [-0.05, 0) is 12.8 Å². The fraction of sp³-hybridized carbons (Fsp3) is 0.800. The van der Waals surface area contributed by atoms with Gasteiger partial charge in [-0.3, -0.25) is 15.2 Å². The molecule has 0 aromatic carbocycles. The van der Waals surface area contributed by atoms with Crippen molar-refractivity contribution in [2.24, 2.45) is 16.8 Å². The van der Waals surface area contributed by atoms with Gasteiger partial charge in [0, 0.05) is 26.1 Å². The van der Waals surface area contributed by atoms with Crippen molar-refractivity contribution in [3.8, 4) is 0 Å². The van der Waals surface area contributed by atoms with Crippen molar-refractivity contribution in [2.75, 3.05) is 19.6 Å². The summed E-state index contributed by atoms with van der Waals surface area (Å²) in [7, 11) is 0. The average molecular weight is 229 g/mol. The Hall–Kier alpha value is -1.30. The first kappa shape index (κ1) is 14.7. The zero-order chi connectivity index (χ0) is 12.4. The van der Waals surface area contributed by atoms with Crippen molar-refractivity contribution in [3.63, 3.8) is 0 Å². The van der Waals surface area contributed by atoms with Crippen LogP contribution in [0, 0.1) is 5.92 Å². The summed E-state index contributed by atoms with van der Waals surface area (Å²) in [6, 6.07) is 0. The molecule has 0 fully saturated rings. The van der Waals surface area contributed by atoms with E-state index in [1.165, 1.54) is 0 Å². The van der Waals surface area contributed by atoms with E-state index in [-0.39, 0.29) is 5.91 Å². The zero-order valence-electron chi connectivity index (χ0n) is 10.3. The summed E-state index contributed by atoms with van der Waals surface area (Å²) in [6.07, 6.45) is 0.413. The Morgan fingerprint density at radius 2 is 2.06 bits per heavy atom. The number of hydrogen-bond donors (Lipinski definition) is 4. The summed E-state index contributed by atoms with van der Waals surface area (Å²) in [6.45, 7) is 7.92. The minimum Gasteiger partial charge on any atom is -0.356 e. The van der Waals surface area contributed by atoms with Crippen LogP contribution in [0.1, 0.15) is 27.2 Å². The Bertz CT molecular complexity index is 227. The van der Waals surface area contributed by atoms with Crippen LogP contribution in [0.15, 0.2) is 4.99 Å². The predicted molar refractivity (Wildman–Crippen MR) is 65.8 cm³/mol. The largest absolute Gasteiger partial charge is 0.356 e. The van der Waals surface area contributed by atoms with E-state index in [4.69, 9.17) is 5.84 Å². The molecule has 6 heteroatoms. The molecule has 0 aromatic rings. The van der Waals surface area contributed by atoms with Gasteiger partial charge in [0.05, 0.1) is 0 Å². The highest BCUT2D eigenvalue weighted by Gasteiger charge is 2.00. The summed E-state index contributed by atoms with van der Waals surface area (Å²) < 4.78 is 0. The highest BCUT2D eigenvalue weighted by Crippen LogP contribution is 1.90. The van der Waals surface area contributed by atoms with Gasteiger partial charge in [0.25, 0.3) is 0 Å². The first-order valence-corrected chi connectivity index (χ1v) is 5.61. The highest BCUT2D eigenvalue weighted by molar-refractivity contribution is 5.80. The molecule has 0 bridgehead atoms. The van der Waals surface area contributed by atoms with Crippen LogP contribution >= 0.6 is 0 Å². The van der Waals surface area contributed by atoms with E-state index in [1.807, 2.05) is 6.92 Å². The summed E-state index contributed by atoms with van der Waals surface area (Å²) in [5.74, 6) is 6.32. The van der Waals surface area contributed by atoms with Gasteiger partial charge in [0.1, 0.15) is 0 Å². The molecule has 0 spiro atoms. The number of aliphatic imine (C=N–C) groups is 1. The van der Waals surface area contributed by atoms with E-state index in [0.717, 1.165) is 0 Å². The average Bonchev–Trinajstić information content (AvgIpc) is 2.23. The third-order valence-corrected chi connectivity index (χ3v) is 1.77. The molecule has 94 valence electrons. The van der Waals surface area contributed by atoms with Crippen molar-refractivity contribution in [3.05, 3.63) is 0 Å². The number of nitrogens with one attached hydrogen (secondary N) is 3. The van der Waals surface area contributed by atoms with Crippen LogP contribution in [-0.2, 0) is 4.79 Å². The first-order chi connectivity index (χ1) is 7.60. The van der Waals surface area contributed by atoms with E-state index in [0.29, 0.717) is 37.9 Å². The summed E-state index contributed by atoms with van der Waals surface area (Å²) in [5, 5.41) is 5.68. The highest BCUT2D eigenvalue weighted by atomic mass is 16.1. The molecule has 0 aromatic heterocycles. The number of rotatable bonds is 6. The van der Waals surface area contributed by atoms with E-state index in [2.05, 4.69) is 34.9 Å². The second kappa shape index (κ2) is 8.96. The minimum atomic E-state index is 0.0234. The van der Waals surface area contributed by atoms with Crippen LogP contribution in [0.3, 0.4) is 0 Å². The Kier molecular flexibility index (Phi) is 8.24. The maximum absolute atomic E-state index is 11.1. The predicted octanol–water partition coefficient (Wildman–Crippen LogP) is -0.422. The van der Waals surface area contributed by atoms with E-state index in [1.54, 1.807) is 0 Å². The molecule has 0 atom stereocenters. The number of nitrogens with zero attached hydrogens (tertiary/aromatic N) is 1. The lowest BCUT2D eigenvalue weighted by Gasteiger charge is -2.09. The maximum Gasteiger partial charge on any atom is 0.221 e.